The van der Waals surface area contributed by atoms with Gasteiger partial charge in [-0.3, -0.25) is 0 Å². The standard InChI is InChI=1S/C14H12ClFN2O2/c1-7-2-3-9(6-12(7)16)18-13-10(14(19)20)4-8(17)5-11(13)15/h2-6,18H,17H2,1H3,(H,19,20). The van der Waals surface area contributed by atoms with Crippen LogP contribution in [0.2, 0.25) is 5.02 Å². The van der Waals surface area contributed by atoms with Crippen LogP contribution in [-0.4, -0.2) is 11.1 Å². The number of nitrogen functional groups attached to an aromatic ring is 1. The van der Waals surface area contributed by atoms with Crippen LogP contribution in [0.5, 0.6) is 0 Å². The van der Waals surface area contributed by atoms with Gasteiger partial charge in [-0.25, -0.2) is 9.18 Å². The smallest absolute Gasteiger partial charge is 0.337 e. The number of hydrogen-bond donors (Lipinski definition) is 3. The maximum atomic E-state index is 13.5. The van der Waals surface area contributed by atoms with E-state index in [-0.39, 0.29) is 22.0 Å². The number of aryl methyl sites for hydroxylation is 1. The van der Waals surface area contributed by atoms with Crippen molar-refractivity contribution < 1.29 is 14.3 Å². The van der Waals surface area contributed by atoms with Crippen LogP contribution in [0.15, 0.2) is 30.3 Å². The average molecular weight is 295 g/mol. The number of hydrogen-bond acceptors (Lipinski definition) is 3. The zero-order chi connectivity index (χ0) is 14.9. The largest absolute Gasteiger partial charge is 0.478 e. The molecule has 0 aromatic heterocycles. The van der Waals surface area contributed by atoms with E-state index in [1.54, 1.807) is 19.1 Å². The third kappa shape index (κ3) is 2.83. The van der Waals surface area contributed by atoms with Gasteiger partial charge < -0.3 is 16.2 Å². The van der Waals surface area contributed by atoms with Crippen molar-refractivity contribution in [2.24, 2.45) is 0 Å². The summed E-state index contributed by atoms with van der Waals surface area (Å²) < 4.78 is 13.5. The van der Waals surface area contributed by atoms with Gasteiger partial charge in [0, 0.05) is 11.4 Å². The molecule has 0 aliphatic carbocycles. The molecule has 0 bridgehead atoms. The topological polar surface area (TPSA) is 75.3 Å². The number of benzene rings is 2. The first-order valence-electron chi connectivity index (χ1n) is 5.74. The highest BCUT2D eigenvalue weighted by Crippen LogP contribution is 2.32. The predicted octanol–water partition coefficient (Wildman–Crippen LogP) is 3.81. The Hall–Kier alpha value is -2.27. The fraction of sp³-hybridized carbons (Fsp3) is 0.0714. The Morgan fingerprint density at radius 2 is 2.05 bits per heavy atom. The molecule has 6 heteroatoms. The maximum Gasteiger partial charge on any atom is 0.337 e. The molecule has 0 fully saturated rings. The maximum absolute atomic E-state index is 13.5. The lowest BCUT2D eigenvalue weighted by Gasteiger charge is -2.13. The monoisotopic (exact) mass is 294 g/mol. The van der Waals surface area contributed by atoms with Gasteiger partial charge in [0.15, 0.2) is 0 Å². The zero-order valence-corrected chi connectivity index (χ0v) is 11.3. The van der Waals surface area contributed by atoms with Crippen molar-refractivity contribution >= 4 is 34.6 Å². The Balaban J connectivity index is 2.47. The SMILES string of the molecule is Cc1ccc(Nc2c(Cl)cc(N)cc2C(=O)O)cc1F. The third-order valence-electron chi connectivity index (χ3n) is 2.78. The molecular weight excluding hydrogens is 283 g/mol. The molecule has 4 nitrogen and oxygen atoms in total. The molecule has 0 saturated carbocycles. The number of nitrogens with two attached hydrogens (primary N) is 1. The quantitative estimate of drug-likeness (QED) is 0.752. The second-order valence-corrected chi connectivity index (χ2v) is 4.73. The number of carbonyl (C=O) groups is 1. The van der Waals surface area contributed by atoms with Gasteiger partial charge in [-0.1, -0.05) is 17.7 Å². The van der Waals surface area contributed by atoms with E-state index in [2.05, 4.69) is 5.32 Å². The number of carboxylic acids is 1. The Bertz CT molecular complexity index is 689. The highest BCUT2D eigenvalue weighted by Gasteiger charge is 2.15. The minimum Gasteiger partial charge on any atom is -0.478 e. The molecule has 0 saturated heterocycles. The van der Waals surface area contributed by atoms with Crippen LogP contribution in [0.1, 0.15) is 15.9 Å². The highest BCUT2D eigenvalue weighted by atomic mass is 35.5. The van der Waals surface area contributed by atoms with Gasteiger partial charge in [-0.2, -0.15) is 0 Å². The summed E-state index contributed by atoms with van der Waals surface area (Å²) in [7, 11) is 0. The van der Waals surface area contributed by atoms with Crippen molar-refractivity contribution in [1.82, 2.24) is 0 Å². The van der Waals surface area contributed by atoms with E-state index in [9.17, 15) is 9.18 Å². The Labute approximate surface area is 120 Å². The number of carboxylic acid groups (broad SMARTS) is 1. The van der Waals surface area contributed by atoms with Crippen LogP contribution in [0.4, 0.5) is 21.5 Å². The summed E-state index contributed by atoms with van der Waals surface area (Å²) >= 11 is 6.00. The van der Waals surface area contributed by atoms with Crippen molar-refractivity contribution in [2.75, 3.05) is 11.1 Å². The summed E-state index contributed by atoms with van der Waals surface area (Å²) in [6.45, 7) is 1.64. The van der Waals surface area contributed by atoms with Crippen LogP contribution >= 0.6 is 11.6 Å². The fourth-order valence-corrected chi connectivity index (χ4v) is 2.01. The van der Waals surface area contributed by atoms with Crippen LogP contribution in [0.25, 0.3) is 0 Å². The lowest BCUT2D eigenvalue weighted by atomic mass is 10.1. The van der Waals surface area contributed by atoms with Crippen molar-refractivity contribution in [3.8, 4) is 0 Å². The molecule has 0 aliphatic rings. The lowest BCUT2D eigenvalue weighted by molar-refractivity contribution is 0.0698. The summed E-state index contributed by atoms with van der Waals surface area (Å²) in [6, 6.07) is 7.22. The first-order valence-corrected chi connectivity index (χ1v) is 6.12. The van der Waals surface area contributed by atoms with Crippen molar-refractivity contribution in [2.45, 2.75) is 6.92 Å². The van der Waals surface area contributed by atoms with E-state index in [1.807, 2.05) is 0 Å². The molecule has 20 heavy (non-hydrogen) atoms. The fourth-order valence-electron chi connectivity index (χ4n) is 1.74. The molecule has 2 aromatic rings. The van der Waals surface area contributed by atoms with E-state index in [4.69, 9.17) is 22.4 Å². The van der Waals surface area contributed by atoms with Crippen molar-refractivity contribution in [3.05, 3.63) is 52.3 Å². The van der Waals surface area contributed by atoms with Crippen LogP contribution < -0.4 is 11.1 Å². The van der Waals surface area contributed by atoms with E-state index in [0.29, 0.717) is 11.3 Å². The van der Waals surface area contributed by atoms with Crippen LogP contribution in [0, 0.1) is 12.7 Å². The van der Waals surface area contributed by atoms with Crippen LogP contribution in [-0.2, 0) is 0 Å². The van der Waals surface area contributed by atoms with Gasteiger partial charge in [0.1, 0.15) is 5.82 Å². The number of aromatic carboxylic acids is 1. The van der Waals surface area contributed by atoms with Gasteiger partial charge in [0.05, 0.1) is 16.3 Å². The van der Waals surface area contributed by atoms with E-state index in [0.717, 1.165) is 0 Å². The second-order valence-electron chi connectivity index (χ2n) is 4.32. The molecule has 2 rings (SSSR count). The highest BCUT2D eigenvalue weighted by molar-refractivity contribution is 6.34. The van der Waals surface area contributed by atoms with Gasteiger partial charge in [0.2, 0.25) is 0 Å². The van der Waals surface area contributed by atoms with Gasteiger partial charge >= 0.3 is 5.97 Å². The number of halogens is 2. The second kappa shape index (κ2) is 5.38. The Morgan fingerprint density at radius 1 is 1.35 bits per heavy atom. The molecule has 0 radical (unpaired) electrons. The first-order chi connectivity index (χ1) is 9.38. The molecule has 0 heterocycles. The zero-order valence-electron chi connectivity index (χ0n) is 10.6. The normalized spacial score (nSPS) is 10.3. The van der Waals surface area contributed by atoms with Gasteiger partial charge in [-0.15, -0.1) is 0 Å². The predicted molar refractivity (Wildman–Crippen MR) is 77.2 cm³/mol. The van der Waals surface area contributed by atoms with Crippen LogP contribution in [0.3, 0.4) is 0 Å². The molecule has 0 amide bonds. The molecule has 0 atom stereocenters. The molecule has 2 aromatic carbocycles. The molecule has 104 valence electrons. The lowest BCUT2D eigenvalue weighted by Crippen LogP contribution is -2.05. The molecule has 0 aliphatic heterocycles. The molecule has 4 N–H and O–H groups in total. The number of anilines is 3. The molecule has 0 spiro atoms. The van der Waals surface area contributed by atoms with Crippen molar-refractivity contribution in [1.29, 1.82) is 0 Å². The summed E-state index contributed by atoms with van der Waals surface area (Å²) in [5, 5.41) is 12.1. The third-order valence-corrected chi connectivity index (χ3v) is 3.08. The number of nitrogens with one attached hydrogen (secondary N) is 1. The van der Waals surface area contributed by atoms with E-state index in [1.165, 1.54) is 18.2 Å². The Morgan fingerprint density at radius 3 is 2.65 bits per heavy atom. The summed E-state index contributed by atoms with van der Waals surface area (Å²) in [6.07, 6.45) is 0. The van der Waals surface area contributed by atoms with E-state index < -0.39 is 11.8 Å². The molecular formula is C14H12ClFN2O2. The summed E-state index contributed by atoms with van der Waals surface area (Å²) in [5.41, 5.74) is 6.82. The van der Waals surface area contributed by atoms with E-state index >= 15 is 0 Å². The van der Waals surface area contributed by atoms with Crippen molar-refractivity contribution in [3.63, 3.8) is 0 Å². The summed E-state index contributed by atoms with van der Waals surface area (Å²) in [5.74, 6) is -1.56. The minimum absolute atomic E-state index is 0.0732. The van der Waals surface area contributed by atoms with Gasteiger partial charge in [-0.05, 0) is 36.8 Å². The minimum atomic E-state index is -1.17. The average Bonchev–Trinajstić information content (AvgIpc) is 2.36. The van der Waals surface area contributed by atoms with Gasteiger partial charge in [0.25, 0.3) is 0 Å². The summed E-state index contributed by atoms with van der Waals surface area (Å²) in [4.78, 5) is 11.2. The number of rotatable bonds is 3. The Kier molecular flexibility index (Phi) is 3.81. The first kappa shape index (κ1) is 14.1. The molecule has 0 unspecified atom stereocenters.